The van der Waals surface area contributed by atoms with Crippen LogP contribution in [0.25, 0.3) is 0 Å². The topological polar surface area (TPSA) is 95.5 Å². The highest BCUT2D eigenvalue weighted by Crippen LogP contribution is 2.29. The number of carboxylic acids is 1. The van der Waals surface area contributed by atoms with Gasteiger partial charge in [0.05, 0.1) is 16.9 Å². The highest BCUT2D eigenvalue weighted by molar-refractivity contribution is 7.94. The van der Waals surface area contributed by atoms with Crippen molar-refractivity contribution in [3.63, 3.8) is 0 Å². The zero-order valence-corrected chi connectivity index (χ0v) is 15.4. The zero-order chi connectivity index (χ0) is 18.7. The predicted octanol–water partition coefficient (Wildman–Crippen LogP) is 4.30. The van der Waals surface area contributed by atoms with Crippen LogP contribution in [0.4, 0.5) is 17.1 Å². The molecule has 0 atom stereocenters. The lowest BCUT2D eigenvalue weighted by molar-refractivity contribution is 0.0697. The van der Waals surface area contributed by atoms with Crippen LogP contribution < -0.4 is 10.0 Å². The Kier molecular flexibility index (Phi) is 4.97. The largest absolute Gasteiger partial charge is 0.478 e. The highest BCUT2D eigenvalue weighted by Gasteiger charge is 2.20. The van der Waals surface area contributed by atoms with Crippen LogP contribution in [-0.4, -0.2) is 19.5 Å². The number of rotatable bonds is 6. The molecule has 2 aromatic carbocycles. The Morgan fingerprint density at radius 3 is 2.31 bits per heavy atom. The summed E-state index contributed by atoms with van der Waals surface area (Å²) in [5.74, 6) is -1.16. The fraction of sp³-hybridized carbons (Fsp3) is 0.0556. The number of benzene rings is 2. The van der Waals surface area contributed by atoms with Crippen LogP contribution in [0.2, 0.25) is 0 Å². The van der Waals surface area contributed by atoms with Gasteiger partial charge in [0.25, 0.3) is 10.0 Å². The number of aryl methyl sites for hydroxylation is 1. The summed E-state index contributed by atoms with van der Waals surface area (Å²) < 4.78 is 27.6. The SMILES string of the molecule is Cc1ccc(Nc2ccccc2NS(=O)(=O)c2cc(C(=O)O)cs2)cc1. The number of aromatic carboxylic acids is 1. The first-order chi connectivity index (χ1) is 12.3. The van der Waals surface area contributed by atoms with Gasteiger partial charge in [0, 0.05) is 11.1 Å². The average molecular weight is 388 g/mol. The van der Waals surface area contributed by atoms with Gasteiger partial charge in [0.2, 0.25) is 0 Å². The Hall–Kier alpha value is -2.84. The molecule has 3 N–H and O–H groups in total. The lowest BCUT2D eigenvalue weighted by atomic mass is 10.2. The third kappa shape index (κ3) is 4.04. The number of sulfonamides is 1. The molecular formula is C18H16N2O4S2. The van der Waals surface area contributed by atoms with Crippen molar-refractivity contribution >= 4 is 44.4 Å². The van der Waals surface area contributed by atoms with E-state index in [0.29, 0.717) is 11.4 Å². The Morgan fingerprint density at radius 2 is 1.69 bits per heavy atom. The molecule has 0 unspecified atom stereocenters. The fourth-order valence-electron chi connectivity index (χ4n) is 2.24. The first kappa shape index (κ1) is 18.0. The van der Waals surface area contributed by atoms with Gasteiger partial charge in [0.15, 0.2) is 0 Å². The van der Waals surface area contributed by atoms with E-state index in [1.807, 2.05) is 31.2 Å². The van der Waals surface area contributed by atoms with Crippen molar-refractivity contribution in [3.8, 4) is 0 Å². The lowest BCUT2D eigenvalue weighted by Crippen LogP contribution is -2.12. The number of nitrogens with one attached hydrogen (secondary N) is 2. The summed E-state index contributed by atoms with van der Waals surface area (Å²) >= 11 is 0.864. The minimum atomic E-state index is -3.88. The van der Waals surface area contributed by atoms with Gasteiger partial charge in [-0.1, -0.05) is 29.8 Å². The van der Waals surface area contributed by atoms with Gasteiger partial charge in [0.1, 0.15) is 4.21 Å². The minimum absolute atomic E-state index is 0.0542. The normalized spacial score (nSPS) is 11.1. The molecule has 0 spiro atoms. The molecule has 134 valence electrons. The summed E-state index contributed by atoms with van der Waals surface area (Å²) in [5, 5.41) is 13.4. The number of carboxylic acid groups (broad SMARTS) is 1. The smallest absolute Gasteiger partial charge is 0.336 e. The van der Waals surface area contributed by atoms with Gasteiger partial charge in [-0.05, 0) is 37.3 Å². The maximum absolute atomic E-state index is 12.6. The first-order valence-electron chi connectivity index (χ1n) is 7.62. The Morgan fingerprint density at radius 1 is 1.04 bits per heavy atom. The minimum Gasteiger partial charge on any atom is -0.478 e. The molecular weight excluding hydrogens is 372 g/mol. The number of hydrogen-bond acceptors (Lipinski definition) is 5. The molecule has 6 nitrogen and oxygen atoms in total. The number of thiophene rings is 1. The standard InChI is InChI=1S/C18H16N2O4S2/c1-12-6-8-14(9-7-12)19-15-4-2-3-5-16(15)20-26(23,24)17-10-13(11-25-17)18(21)22/h2-11,19-20H,1H3,(H,21,22). The van der Waals surface area contributed by atoms with Gasteiger partial charge in [-0.3, -0.25) is 4.72 Å². The molecule has 3 aromatic rings. The molecule has 8 heteroatoms. The summed E-state index contributed by atoms with van der Waals surface area (Å²) in [7, 11) is -3.88. The third-order valence-electron chi connectivity index (χ3n) is 3.59. The van der Waals surface area contributed by atoms with E-state index < -0.39 is 16.0 Å². The molecule has 0 fully saturated rings. The Balaban J connectivity index is 1.87. The lowest BCUT2D eigenvalue weighted by Gasteiger charge is -2.13. The van der Waals surface area contributed by atoms with Crippen LogP contribution in [0.15, 0.2) is 64.2 Å². The highest BCUT2D eigenvalue weighted by atomic mass is 32.2. The molecule has 3 rings (SSSR count). The molecule has 0 aliphatic heterocycles. The molecule has 0 amide bonds. The second kappa shape index (κ2) is 7.19. The van der Waals surface area contributed by atoms with Gasteiger partial charge in [-0.25, -0.2) is 13.2 Å². The predicted molar refractivity (Wildman–Crippen MR) is 103 cm³/mol. The van der Waals surface area contributed by atoms with Gasteiger partial charge >= 0.3 is 5.97 Å². The van der Waals surface area contributed by atoms with Crippen LogP contribution in [0, 0.1) is 6.92 Å². The summed E-state index contributed by atoms with van der Waals surface area (Å²) in [4.78, 5) is 11.0. The molecule has 26 heavy (non-hydrogen) atoms. The molecule has 0 bridgehead atoms. The van der Waals surface area contributed by atoms with Crippen molar-refractivity contribution in [2.24, 2.45) is 0 Å². The second-order valence-electron chi connectivity index (χ2n) is 5.60. The average Bonchev–Trinajstić information content (AvgIpc) is 3.10. The van der Waals surface area contributed by atoms with E-state index >= 15 is 0 Å². The van der Waals surface area contributed by atoms with E-state index in [9.17, 15) is 13.2 Å². The number of hydrogen-bond donors (Lipinski definition) is 3. The maximum atomic E-state index is 12.6. The van der Waals surface area contributed by atoms with E-state index in [0.717, 1.165) is 28.7 Å². The third-order valence-corrected chi connectivity index (χ3v) is 6.39. The summed E-state index contributed by atoms with van der Waals surface area (Å²) in [5.41, 5.74) is 2.86. The van der Waals surface area contributed by atoms with E-state index in [-0.39, 0.29) is 9.77 Å². The molecule has 0 aliphatic rings. The van der Waals surface area contributed by atoms with Crippen molar-refractivity contribution in [2.75, 3.05) is 10.0 Å². The van der Waals surface area contributed by atoms with E-state index in [2.05, 4.69) is 10.0 Å². The molecule has 0 saturated carbocycles. The quantitative estimate of drug-likeness (QED) is 0.585. The Bertz CT molecular complexity index is 1040. The zero-order valence-electron chi connectivity index (χ0n) is 13.8. The maximum Gasteiger partial charge on any atom is 0.336 e. The molecule has 1 aromatic heterocycles. The van der Waals surface area contributed by atoms with E-state index in [1.165, 1.54) is 5.38 Å². The van der Waals surface area contributed by atoms with E-state index in [4.69, 9.17) is 5.11 Å². The van der Waals surface area contributed by atoms with Crippen molar-refractivity contribution in [1.29, 1.82) is 0 Å². The number of carbonyl (C=O) groups is 1. The van der Waals surface area contributed by atoms with Crippen LogP contribution in [0.5, 0.6) is 0 Å². The fourth-order valence-corrected chi connectivity index (χ4v) is 4.47. The summed E-state index contributed by atoms with van der Waals surface area (Å²) in [6.07, 6.45) is 0. The second-order valence-corrected chi connectivity index (χ2v) is 8.42. The van der Waals surface area contributed by atoms with Gasteiger partial charge in [-0.15, -0.1) is 11.3 Å². The molecule has 1 heterocycles. The van der Waals surface area contributed by atoms with Crippen molar-refractivity contribution in [2.45, 2.75) is 11.1 Å². The number of para-hydroxylation sites is 2. The first-order valence-corrected chi connectivity index (χ1v) is 9.99. The molecule has 0 radical (unpaired) electrons. The summed E-state index contributed by atoms with van der Waals surface area (Å²) in [6.45, 7) is 1.98. The van der Waals surface area contributed by atoms with Crippen LogP contribution in [0.1, 0.15) is 15.9 Å². The number of anilines is 3. The molecule has 0 saturated heterocycles. The van der Waals surface area contributed by atoms with Crippen LogP contribution in [-0.2, 0) is 10.0 Å². The van der Waals surface area contributed by atoms with Crippen LogP contribution >= 0.6 is 11.3 Å². The van der Waals surface area contributed by atoms with Gasteiger partial charge in [-0.2, -0.15) is 0 Å². The molecule has 0 aliphatic carbocycles. The van der Waals surface area contributed by atoms with Crippen molar-refractivity contribution in [1.82, 2.24) is 0 Å². The van der Waals surface area contributed by atoms with E-state index in [1.54, 1.807) is 24.3 Å². The summed E-state index contributed by atoms with van der Waals surface area (Å²) in [6, 6.07) is 15.8. The van der Waals surface area contributed by atoms with Crippen LogP contribution in [0.3, 0.4) is 0 Å². The Labute approximate surface area is 155 Å². The monoisotopic (exact) mass is 388 g/mol. The van der Waals surface area contributed by atoms with Crippen molar-refractivity contribution in [3.05, 3.63) is 71.1 Å². The van der Waals surface area contributed by atoms with Crippen molar-refractivity contribution < 1.29 is 18.3 Å². The van der Waals surface area contributed by atoms with Gasteiger partial charge < -0.3 is 10.4 Å².